The molecule has 0 bridgehead atoms. The maximum Gasteiger partial charge on any atom is 0.223 e. The third-order valence-electron chi connectivity index (χ3n) is 2.45. The quantitative estimate of drug-likeness (QED) is 0.598. The first-order valence-electron chi connectivity index (χ1n) is 6.06. The van der Waals surface area contributed by atoms with Crippen LogP contribution in [0, 0.1) is 11.7 Å². The number of halogens is 1. The lowest BCUT2D eigenvalue weighted by atomic mass is 10.2. The largest absolute Gasteiger partial charge is 0.354 e. The number of rotatable bonds is 7. The minimum atomic E-state index is -0.333. The van der Waals surface area contributed by atoms with Crippen LogP contribution < -0.4 is 5.32 Å². The molecule has 0 aromatic carbocycles. The molecule has 0 aliphatic rings. The molecule has 0 fully saturated rings. The molecule has 0 saturated carbocycles. The van der Waals surface area contributed by atoms with E-state index in [-0.39, 0.29) is 5.82 Å². The molecule has 0 amide bonds. The third kappa shape index (κ3) is 4.89. The van der Waals surface area contributed by atoms with Gasteiger partial charge in [-0.15, -0.1) is 11.8 Å². The summed E-state index contributed by atoms with van der Waals surface area (Å²) in [5.41, 5.74) is 0. The molecule has 1 aromatic rings. The monoisotopic (exact) mass is 257 g/mol. The average molecular weight is 257 g/mol. The lowest BCUT2D eigenvalue weighted by molar-refractivity contribution is 0.577. The van der Waals surface area contributed by atoms with E-state index in [1.807, 2.05) is 0 Å². The second kappa shape index (κ2) is 7.48. The fourth-order valence-corrected chi connectivity index (χ4v) is 2.13. The van der Waals surface area contributed by atoms with Crippen LogP contribution in [0.4, 0.5) is 10.3 Å². The predicted octanol–water partition coefficient (Wildman–Crippen LogP) is 3.58. The van der Waals surface area contributed by atoms with Gasteiger partial charge in [0.05, 0.1) is 6.20 Å². The summed E-state index contributed by atoms with van der Waals surface area (Å²) in [6.45, 7) is 7.16. The van der Waals surface area contributed by atoms with E-state index >= 15 is 0 Å². The summed E-state index contributed by atoms with van der Waals surface area (Å²) in [4.78, 5) is 8.09. The summed E-state index contributed by atoms with van der Waals surface area (Å²) in [5.74, 6) is 1.64. The Morgan fingerprint density at radius 3 is 2.88 bits per heavy atom. The van der Waals surface area contributed by atoms with E-state index in [0.29, 0.717) is 16.9 Å². The highest BCUT2D eigenvalue weighted by atomic mass is 32.2. The van der Waals surface area contributed by atoms with Gasteiger partial charge in [0.1, 0.15) is 5.03 Å². The van der Waals surface area contributed by atoms with Crippen LogP contribution in [0.1, 0.15) is 33.6 Å². The van der Waals surface area contributed by atoms with Crippen molar-refractivity contribution in [2.45, 2.75) is 38.6 Å². The molecule has 0 radical (unpaired) electrons. The van der Waals surface area contributed by atoms with Crippen LogP contribution in [0.25, 0.3) is 0 Å². The van der Waals surface area contributed by atoms with E-state index in [9.17, 15) is 4.39 Å². The summed E-state index contributed by atoms with van der Waals surface area (Å²) in [5, 5.41) is 3.50. The molecule has 1 atom stereocenters. The SMILES string of the molecule is CCCNc1ncc(F)c(SCC(C)CC)n1. The molecule has 0 spiro atoms. The third-order valence-corrected chi connectivity index (χ3v) is 3.74. The molecule has 1 N–H and O–H groups in total. The Kier molecular flexibility index (Phi) is 6.26. The van der Waals surface area contributed by atoms with E-state index in [4.69, 9.17) is 0 Å². The van der Waals surface area contributed by atoms with Gasteiger partial charge in [0.15, 0.2) is 5.82 Å². The van der Waals surface area contributed by atoms with Gasteiger partial charge in [0, 0.05) is 12.3 Å². The second-order valence-electron chi connectivity index (χ2n) is 4.10. The van der Waals surface area contributed by atoms with E-state index in [0.717, 1.165) is 25.1 Å². The lowest BCUT2D eigenvalue weighted by Crippen LogP contribution is -2.06. The number of nitrogens with zero attached hydrogens (tertiary/aromatic N) is 2. The summed E-state index contributed by atoms with van der Waals surface area (Å²) in [6.07, 6.45) is 3.33. The van der Waals surface area contributed by atoms with Crippen LogP contribution in [0.15, 0.2) is 11.2 Å². The van der Waals surface area contributed by atoms with Crippen LogP contribution in [-0.4, -0.2) is 22.3 Å². The fraction of sp³-hybridized carbons (Fsp3) is 0.667. The molecular formula is C12H20FN3S. The van der Waals surface area contributed by atoms with Crippen molar-refractivity contribution in [3.8, 4) is 0 Å². The fourth-order valence-electron chi connectivity index (χ4n) is 1.11. The Bertz CT molecular complexity index is 347. The maximum absolute atomic E-state index is 13.5. The Morgan fingerprint density at radius 2 is 2.24 bits per heavy atom. The summed E-state index contributed by atoms with van der Waals surface area (Å²) in [6, 6.07) is 0. The van der Waals surface area contributed by atoms with Gasteiger partial charge in [-0.3, -0.25) is 0 Å². The Morgan fingerprint density at radius 1 is 1.47 bits per heavy atom. The molecule has 0 aliphatic carbocycles. The van der Waals surface area contributed by atoms with Gasteiger partial charge >= 0.3 is 0 Å². The second-order valence-corrected chi connectivity index (χ2v) is 5.11. The van der Waals surface area contributed by atoms with Gasteiger partial charge in [-0.2, -0.15) is 0 Å². The molecule has 17 heavy (non-hydrogen) atoms. The first-order valence-corrected chi connectivity index (χ1v) is 7.05. The highest BCUT2D eigenvalue weighted by molar-refractivity contribution is 7.99. The van der Waals surface area contributed by atoms with Crippen LogP contribution in [0.5, 0.6) is 0 Å². The average Bonchev–Trinajstić information content (AvgIpc) is 2.35. The standard InChI is InChI=1S/C12H20FN3S/c1-4-6-14-12-15-7-10(13)11(16-12)17-8-9(3)5-2/h7,9H,4-6,8H2,1-3H3,(H,14,15,16). The maximum atomic E-state index is 13.5. The van der Waals surface area contributed by atoms with Crippen molar-refractivity contribution in [2.24, 2.45) is 5.92 Å². The van der Waals surface area contributed by atoms with E-state index < -0.39 is 0 Å². The van der Waals surface area contributed by atoms with E-state index in [2.05, 4.69) is 36.1 Å². The van der Waals surface area contributed by atoms with Crippen LogP contribution in [0.3, 0.4) is 0 Å². The van der Waals surface area contributed by atoms with Gasteiger partial charge in [-0.05, 0) is 12.3 Å². The van der Waals surface area contributed by atoms with Crippen molar-refractivity contribution >= 4 is 17.7 Å². The Hall–Kier alpha value is -0.840. The molecule has 96 valence electrons. The summed E-state index contributed by atoms with van der Waals surface area (Å²) >= 11 is 1.46. The van der Waals surface area contributed by atoms with Crippen LogP contribution in [0.2, 0.25) is 0 Å². The molecule has 1 unspecified atom stereocenters. The van der Waals surface area contributed by atoms with Gasteiger partial charge in [0.2, 0.25) is 5.95 Å². The molecular weight excluding hydrogens is 237 g/mol. The molecule has 0 aliphatic heterocycles. The lowest BCUT2D eigenvalue weighted by Gasteiger charge is -2.09. The first kappa shape index (κ1) is 14.2. The van der Waals surface area contributed by atoms with Gasteiger partial charge < -0.3 is 5.32 Å². The van der Waals surface area contributed by atoms with Gasteiger partial charge in [0.25, 0.3) is 0 Å². The molecule has 0 saturated heterocycles. The molecule has 1 heterocycles. The van der Waals surface area contributed by atoms with E-state index in [1.165, 1.54) is 18.0 Å². The van der Waals surface area contributed by atoms with Crippen molar-refractivity contribution in [3.05, 3.63) is 12.0 Å². The minimum absolute atomic E-state index is 0.333. The number of thioether (sulfide) groups is 1. The topological polar surface area (TPSA) is 37.8 Å². The Balaban J connectivity index is 2.62. The minimum Gasteiger partial charge on any atom is -0.354 e. The smallest absolute Gasteiger partial charge is 0.223 e. The van der Waals surface area contributed by atoms with Crippen LogP contribution >= 0.6 is 11.8 Å². The van der Waals surface area contributed by atoms with E-state index in [1.54, 1.807) is 0 Å². The van der Waals surface area contributed by atoms with Crippen molar-refractivity contribution in [3.63, 3.8) is 0 Å². The summed E-state index contributed by atoms with van der Waals surface area (Å²) in [7, 11) is 0. The van der Waals surface area contributed by atoms with Crippen molar-refractivity contribution < 1.29 is 4.39 Å². The molecule has 3 nitrogen and oxygen atoms in total. The van der Waals surface area contributed by atoms with Crippen molar-refractivity contribution in [2.75, 3.05) is 17.6 Å². The zero-order chi connectivity index (χ0) is 12.7. The molecule has 1 rings (SSSR count). The molecule has 1 aromatic heterocycles. The zero-order valence-electron chi connectivity index (χ0n) is 10.7. The number of anilines is 1. The number of hydrogen-bond donors (Lipinski definition) is 1. The normalized spacial score (nSPS) is 12.5. The number of aromatic nitrogens is 2. The van der Waals surface area contributed by atoms with Crippen LogP contribution in [-0.2, 0) is 0 Å². The van der Waals surface area contributed by atoms with Crippen molar-refractivity contribution in [1.29, 1.82) is 0 Å². The van der Waals surface area contributed by atoms with Gasteiger partial charge in [-0.25, -0.2) is 14.4 Å². The highest BCUT2D eigenvalue weighted by Crippen LogP contribution is 2.23. The summed E-state index contributed by atoms with van der Waals surface area (Å²) < 4.78 is 13.5. The number of hydrogen-bond acceptors (Lipinski definition) is 4. The van der Waals surface area contributed by atoms with Crippen molar-refractivity contribution in [1.82, 2.24) is 9.97 Å². The van der Waals surface area contributed by atoms with Gasteiger partial charge in [-0.1, -0.05) is 27.2 Å². The first-order chi connectivity index (χ1) is 8.17. The predicted molar refractivity (Wildman–Crippen MR) is 70.9 cm³/mol. The molecule has 5 heteroatoms. The highest BCUT2D eigenvalue weighted by Gasteiger charge is 2.09. The Labute approximate surface area is 107 Å². The number of nitrogens with one attached hydrogen (secondary N) is 1. The zero-order valence-corrected chi connectivity index (χ0v) is 11.5.